The van der Waals surface area contributed by atoms with Gasteiger partial charge < -0.3 is 24.5 Å². The van der Waals surface area contributed by atoms with Crippen molar-refractivity contribution in [2.45, 2.75) is 38.9 Å². The van der Waals surface area contributed by atoms with Crippen LogP contribution in [0.4, 0.5) is 0 Å². The summed E-state index contributed by atoms with van der Waals surface area (Å²) in [7, 11) is 0.458. The molecule has 2 aromatic rings. The largest absolute Gasteiger partial charge is 0.508 e. The maximum Gasteiger partial charge on any atom is 0.508 e. The Labute approximate surface area is 125 Å². The minimum Gasteiger partial charge on any atom is -0.497 e. The average molecular weight is 291 g/mol. The third kappa shape index (κ3) is 3.23. The maximum absolute atomic E-state index is 10.3. The van der Waals surface area contributed by atoms with Gasteiger partial charge in [-0.3, -0.25) is 0 Å². The van der Waals surface area contributed by atoms with E-state index in [1.165, 1.54) is 0 Å². The molecule has 1 aromatic heterocycles. The number of methoxy groups -OCH3 is 1. The van der Waals surface area contributed by atoms with Gasteiger partial charge >= 0.3 is 7.12 Å². The number of nitrogens with one attached hydrogen (secondary N) is 1. The molecule has 0 aliphatic rings. The van der Waals surface area contributed by atoms with Gasteiger partial charge in [-0.25, -0.2) is 0 Å². The molecule has 0 unspecified atom stereocenters. The number of aromatic nitrogens is 1. The molecule has 0 fully saturated rings. The van der Waals surface area contributed by atoms with Crippen LogP contribution < -0.4 is 10.3 Å². The highest BCUT2D eigenvalue weighted by Gasteiger charge is 2.39. The van der Waals surface area contributed by atoms with E-state index in [4.69, 9.17) is 9.39 Å². The fourth-order valence-electron chi connectivity index (χ4n) is 1.88. The molecule has 1 aromatic carbocycles. The Morgan fingerprint density at radius 3 is 2.38 bits per heavy atom. The van der Waals surface area contributed by atoms with E-state index >= 15 is 0 Å². The van der Waals surface area contributed by atoms with Crippen LogP contribution in [-0.4, -0.2) is 40.5 Å². The van der Waals surface area contributed by atoms with Crippen LogP contribution in [0.3, 0.4) is 0 Å². The van der Waals surface area contributed by atoms with E-state index in [0.717, 1.165) is 16.7 Å². The molecule has 1 heterocycles. The van der Waals surface area contributed by atoms with Gasteiger partial charge in [-0.1, -0.05) is 0 Å². The topological polar surface area (TPSA) is 74.7 Å². The van der Waals surface area contributed by atoms with Crippen LogP contribution in [0.15, 0.2) is 24.3 Å². The number of aliphatic hydroxyl groups is 1. The van der Waals surface area contributed by atoms with E-state index in [-0.39, 0.29) is 0 Å². The van der Waals surface area contributed by atoms with Gasteiger partial charge in [0.1, 0.15) is 5.75 Å². The molecule has 21 heavy (non-hydrogen) atoms. The maximum atomic E-state index is 10.3. The minimum atomic E-state index is -1.15. The van der Waals surface area contributed by atoms with Crippen LogP contribution in [0.2, 0.25) is 0 Å². The van der Waals surface area contributed by atoms with E-state index < -0.39 is 18.3 Å². The van der Waals surface area contributed by atoms with Gasteiger partial charge in [0, 0.05) is 17.2 Å². The zero-order valence-corrected chi connectivity index (χ0v) is 13.1. The van der Waals surface area contributed by atoms with Crippen molar-refractivity contribution in [2.75, 3.05) is 7.11 Å². The molecule has 0 aliphatic carbocycles. The summed E-state index contributed by atoms with van der Waals surface area (Å²) >= 11 is 0. The molecular formula is C15H22BNO4. The van der Waals surface area contributed by atoms with Gasteiger partial charge in [0.15, 0.2) is 0 Å². The monoisotopic (exact) mass is 291 g/mol. The third-order valence-electron chi connectivity index (χ3n) is 4.00. The van der Waals surface area contributed by atoms with Crippen molar-refractivity contribution in [3.05, 3.63) is 24.3 Å². The quantitative estimate of drug-likeness (QED) is 0.729. The Balaban J connectivity index is 2.25. The number of H-pyrrole nitrogens is 1. The zero-order valence-electron chi connectivity index (χ0n) is 13.1. The fraction of sp³-hybridized carbons (Fsp3) is 0.467. The van der Waals surface area contributed by atoms with Crippen LogP contribution in [0.1, 0.15) is 27.7 Å². The Morgan fingerprint density at radius 2 is 1.81 bits per heavy atom. The van der Waals surface area contributed by atoms with Crippen molar-refractivity contribution < 1.29 is 19.5 Å². The molecule has 0 radical (unpaired) electrons. The predicted molar refractivity (Wildman–Crippen MR) is 83.9 cm³/mol. The average Bonchev–Trinajstić information content (AvgIpc) is 2.79. The first-order valence-electron chi connectivity index (χ1n) is 6.89. The molecular weight excluding hydrogens is 269 g/mol. The van der Waals surface area contributed by atoms with Crippen LogP contribution in [-0.2, 0) is 4.65 Å². The van der Waals surface area contributed by atoms with Crippen LogP contribution >= 0.6 is 0 Å². The molecule has 6 heteroatoms. The summed E-state index contributed by atoms with van der Waals surface area (Å²) in [5.41, 5.74) is -0.589. The van der Waals surface area contributed by atoms with E-state index in [0.29, 0.717) is 5.59 Å². The van der Waals surface area contributed by atoms with Crippen molar-refractivity contribution >= 4 is 23.6 Å². The molecule has 2 rings (SSSR count). The second-order valence-corrected chi connectivity index (χ2v) is 6.22. The standard InChI is InChI=1S/C15H22BNO4/c1-14(2,18)15(3,4)21-16(19)13-8-10-6-7-11(20-5)9-12(10)17-13/h6-9,17-19H,1-5H3. The summed E-state index contributed by atoms with van der Waals surface area (Å²) < 4.78 is 10.8. The first-order chi connectivity index (χ1) is 9.64. The van der Waals surface area contributed by atoms with Gasteiger partial charge in [0.2, 0.25) is 0 Å². The van der Waals surface area contributed by atoms with Crippen molar-refractivity contribution in [3.8, 4) is 5.75 Å². The van der Waals surface area contributed by atoms with E-state index in [9.17, 15) is 10.1 Å². The van der Waals surface area contributed by atoms with Crippen molar-refractivity contribution in [2.24, 2.45) is 0 Å². The molecule has 0 saturated carbocycles. The summed E-state index contributed by atoms with van der Waals surface area (Å²) in [5.74, 6) is 0.739. The Hall–Kier alpha value is -1.50. The highest BCUT2D eigenvalue weighted by Crippen LogP contribution is 2.25. The molecule has 114 valence electrons. The van der Waals surface area contributed by atoms with Gasteiger partial charge in [-0.05, 0) is 51.3 Å². The predicted octanol–water partition coefficient (Wildman–Crippen LogP) is 1.43. The minimum absolute atomic E-state index is 0.538. The second kappa shape index (κ2) is 5.37. The van der Waals surface area contributed by atoms with Crippen LogP contribution in [0.25, 0.3) is 10.9 Å². The molecule has 0 bridgehead atoms. The SMILES string of the molecule is COc1ccc2cc(B(O)OC(C)(C)C(C)(C)O)[nH]c2c1. The summed E-state index contributed by atoms with van der Waals surface area (Å²) in [5, 5.41) is 21.3. The molecule has 0 saturated heterocycles. The molecule has 0 aliphatic heterocycles. The lowest BCUT2D eigenvalue weighted by atomic mass is 9.80. The first-order valence-corrected chi connectivity index (χ1v) is 6.89. The van der Waals surface area contributed by atoms with Crippen LogP contribution in [0.5, 0.6) is 5.75 Å². The highest BCUT2D eigenvalue weighted by atomic mass is 16.5. The fourth-order valence-corrected chi connectivity index (χ4v) is 1.88. The molecule has 0 amide bonds. The lowest BCUT2D eigenvalue weighted by molar-refractivity contribution is -0.0983. The van der Waals surface area contributed by atoms with Crippen molar-refractivity contribution in [1.29, 1.82) is 0 Å². The second-order valence-electron chi connectivity index (χ2n) is 6.22. The van der Waals surface area contributed by atoms with E-state index in [1.807, 2.05) is 24.3 Å². The molecule has 3 N–H and O–H groups in total. The lowest BCUT2D eigenvalue weighted by Crippen LogP contribution is -2.53. The normalized spacial score (nSPS) is 12.7. The number of hydrogen-bond donors (Lipinski definition) is 3. The number of rotatable bonds is 5. The number of hydrogen-bond acceptors (Lipinski definition) is 4. The number of ether oxygens (including phenoxy) is 1. The van der Waals surface area contributed by atoms with E-state index in [2.05, 4.69) is 4.98 Å². The summed E-state index contributed by atoms with van der Waals surface area (Å²) in [6.45, 7) is 6.77. The summed E-state index contributed by atoms with van der Waals surface area (Å²) in [6, 6.07) is 7.43. The third-order valence-corrected chi connectivity index (χ3v) is 4.00. The highest BCUT2D eigenvalue weighted by molar-refractivity contribution is 6.59. The molecule has 0 atom stereocenters. The summed E-state index contributed by atoms with van der Waals surface area (Å²) in [6.07, 6.45) is 0. The first kappa shape index (κ1) is 15.9. The van der Waals surface area contributed by atoms with Crippen molar-refractivity contribution in [3.63, 3.8) is 0 Å². The Kier molecular flexibility index (Phi) is 4.06. The van der Waals surface area contributed by atoms with E-state index in [1.54, 1.807) is 34.8 Å². The van der Waals surface area contributed by atoms with Crippen LogP contribution in [0, 0.1) is 0 Å². The smallest absolute Gasteiger partial charge is 0.497 e. The molecule has 5 nitrogen and oxygen atoms in total. The number of benzene rings is 1. The van der Waals surface area contributed by atoms with Gasteiger partial charge in [0.25, 0.3) is 0 Å². The van der Waals surface area contributed by atoms with Gasteiger partial charge in [-0.2, -0.15) is 0 Å². The zero-order chi connectivity index (χ0) is 15.8. The van der Waals surface area contributed by atoms with Gasteiger partial charge in [-0.15, -0.1) is 0 Å². The van der Waals surface area contributed by atoms with Crippen molar-refractivity contribution in [1.82, 2.24) is 4.98 Å². The summed E-state index contributed by atoms with van der Waals surface area (Å²) in [4.78, 5) is 3.11. The molecule has 0 spiro atoms. The number of aromatic amines is 1. The number of fused-ring (bicyclic) bond motifs is 1. The Morgan fingerprint density at radius 1 is 1.14 bits per heavy atom. The lowest BCUT2D eigenvalue weighted by Gasteiger charge is -2.38. The Bertz CT molecular complexity index is 630. The van der Waals surface area contributed by atoms with Gasteiger partial charge in [0.05, 0.1) is 18.3 Å².